The topological polar surface area (TPSA) is 48.1 Å². The largest absolute Gasteiger partial charge is 0.492 e. The summed E-state index contributed by atoms with van der Waals surface area (Å²) in [4.78, 5) is 4.27. The van der Waals surface area contributed by atoms with Crippen LogP contribution in [0.25, 0.3) is 0 Å². The van der Waals surface area contributed by atoms with Crippen molar-refractivity contribution in [3.8, 4) is 5.75 Å². The Morgan fingerprint density at radius 3 is 2.50 bits per heavy atom. The van der Waals surface area contributed by atoms with E-state index >= 15 is 0 Å². The molecule has 0 spiro atoms. The van der Waals surface area contributed by atoms with E-state index in [1.54, 1.807) is 6.20 Å². The fraction of sp³-hybridized carbons (Fsp3) is 0.353. The number of rotatable bonds is 6. The standard InChI is InChI=1S/C17H22N2O/c1-3-10-17(18,14-8-6-5-7-9-14)15-11-16(20-4-2)13-19-12-15/h5-9,11-13H,3-4,10,18H2,1-2H3. The molecule has 0 saturated carbocycles. The van der Waals surface area contributed by atoms with Crippen molar-refractivity contribution in [1.82, 2.24) is 4.98 Å². The van der Waals surface area contributed by atoms with Crippen LogP contribution in [0.2, 0.25) is 0 Å². The zero-order valence-corrected chi connectivity index (χ0v) is 12.2. The summed E-state index contributed by atoms with van der Waals surface area (Å²) in [5, 5.41) is 0. The molecule has 0 aliphatic rings. The van der Waals surface area contributed by atoms with E-state index in [0.29, 0.717) is 6.61 Å². The van der Waals surface area contributed by atoms with Gasteiger partial charge in [0.25, 0.3) is 0 Å². The Hall–Kier alpha value is -1.87. The molecule has 0 amide bonds. The Morgan fingerprint density at radius 1 is 1.10 bits per heavy atom. The SMILES string of the molecule is CCCC(N)(c1ccccc1)c1cncc(OCC)c1. The molecule has 0 radical (unpaired) electrons. The van der Waals surface area contributed by atoms with Crippen LogP contribution in [-0.4, -0.2) is 11.6 Å². The summed E-state index contributed by atoms with van der Waals surface area (Å²) < 4.78 is 5.54. The van der Waals surface area contributed by atoms with Crippen LogP contribution >= 0.6 is 0 Å². The lowest BCUT2D eigenvalue weighted by atomic mass is 9.81. The molecule has 2 N–H and O–H groups in total. The molecule has 1 aromatic heterocycles. The Morgan fingerprint density at radius 2 is 1.85 bits per heavy atom. The molecule has 1 heterocycles. The highest BCUT2D eigenvalue weighted by Crippen LogP contribution is 2.32. The highest BCUT2D eigenvalue weighted by Gasteiger charge is 2.29. The highest BCUT2D eigenvalue weighted by atomic mass is 16.5. The monoisotopic (exact) mass is 270 g/mol. The fourth-order valence-electron chi connectivity index (χ4n) is 2.49. The summed E-state index contributed by atoms with van der Waals surface area (Å²) in [6.45, 7) is 4.73. The molecule has 0 aliphatic heterocycles. The van der Waals surface area contributed by atoms with Gasteiger partial charge < -0.3 is 10.5 Å². The third-order valence-electron chi connectivity index (χ3n) is 3.47. The van der Waals surface area contributed by atoms with Crippen molar-refractivity contribution in [3.63, 3.8) is 0 Å². The third kappa shape index (κ3) is 2.99. The van der Waals surface area contributed by atoms with Crippen molar-refractivity contribution in [2.24, 2.45) is 5.73 Å². The predicted molar refractivity (Wildman–Crippen MR) is 81.7 cm³/mol. The van der Waals surface area contributed by atoms with E-state index < -0.39 is 5.54 Å². The van der Waals surface area contributed by atoms with E-state index in [9.17, 15) is 0 Å². The molecule has 3 nitrogen and oxygen atoms in total. The van der Waals surface area contributed by atoms with Gasteiger partial charge in [0.1, 0.15) is 5.75 Å². The van der Waals surface area contributed by atoms with E-state index in [2.05, 4.69) is 24.0 Å². The third-order valence-corrected chi connectivity index (χ3v) is 3.47. The number of hydrogen-bond acceptors (Lipinski definition) is 3. The van der Waals surface area contributed by atoms with Crippen LogP contribution in [-0.2, 0) is 5.54 Å². The Balaban J connectivity index is 2.45. The number of benzene rings is 1. The van der Waals surface area contributed by atoms with Crippen molar-refractivity contribution in [3.05, 3.63) is 59.9 Å². The number of pyridine rings is 1. The van der Waals surface area contributed by atoms with Crippen LogP contribution in [0.5, 0.6) is 5.75 Å². The van der Waals surface area contributed by atoms with Gasteiger partial charge in [0.2, 0.25) is 0 Å². The number of nitrogens with two attached hydrogens (primary N) is 1. The van der Waals surface area contributed by atoms with Gasteiger partial charge in [-0.2, -0.15) is 0 Å². The van der Waals surface area contributed by atoms with E-state index in [1.807, 2.05) is 37.4 Å². The van der Waals surface area contributed by atoms with Crippen LogP contribution in [0.4, 0.5) is 0 Å². The molecule has 0 aliphatic carbocycles. The first-order valence-corrected chi connectivity index (χ1v) is 7.13. The van der Waals surface area contributed by atoms with Gasteiger partial charge >= 0.3 is 0 Å². The van der Waals surface area contributed by atoms with Crippen LogP contribution in [0.3, 0.4) is 0 Å². The maximum atomic E-state index is 6.72. The van der Waals surface area contributed by atoms with Gasteiger partial charge in [-0.3, -0.25) is 4.98 Å². The van der Waals surface area contributed by atoms with Gasteiger partial charge in [0.15, 0.2) is 0 Å². The van der Waals surface area contributed by atoms with Crippen molar-refractivity contribution in [1.29, 1.82) is 0 Å². The van der Waals surface area contributed by atoms with Gasteiger partial charge in [0, 0.05) is 6.20 Å². The Kier molecular flexibility index (Phi) is 4.74. The number of hydrogen-bond donors (Lipinski definition) is 1. The van der Waals surface area contributed by atoms with E-state index in [0.717, 1.165) is 29.7 Å². The lowest BCUT2D eigenvalue weighted by Crippen LogP contribution is -2.38. The second kappa shape index (κ2) is 6.53. The van der Waals surface area contributed by atoms with Crippen molar-refractivity contribution >= 4 is 0 Å². The first-order chi connectivity index (χ1) is 9.70. The quantitative estimate of drug-likeness (QED) is 0.874. The minimum absolute atomic E-state index is 0.518. The van der Waals surface area contributed by atoms with Gasteiger partial charge in [-0.1, -0.05) is 43.7 Å². The average Bonchev–Trinajstić information content (AvgIpc) is 2.49. The van der Waals surface area contributed by atoms with Crippen molar-refractivity contribution < 1.29 is 4.74 Å². The fourth-order valence-corrected chi connectivity index (χ4v) is 2.49. The van der Waals surface area contributed by atoms with Gasteiger partial charge in [0.05, 0.1) is 18.3 Å². The summed E-state index contributed by atoms with van der Waals surface area (Å²) in [6.07, 6.45) is 5.44. The molecular formula is C17H22N2O. The van der Waals surface area contributed by atoms with Crippen LogP contribution < -0.4 is 10.5 Å². The molecule has 0 bridgehead atoms. The lowest BCUT2D eigenvalue weighted by Gasteiger charge is -2.30. The molecule has 1 atom stereocenters. The maximum absolute atomic E-state index is 6.72. The smallest absolute Gasteiger partial charge is 0.137 e. The summed E-state index contributed by atoms with van der Waals surface area (Å²) >= 11 is 0. The van der Waals surface area contributed by atoms with E-state index in [-0.39, 0.29) is 0 Å². The number of aromatic nitrogens is 1. The van der Waals surface area contributed by atoms with E-state index in [1.165, 1.54) is 0 Å². The van der Waals surface area contributed by atoms with Crippen LogP contribution in [0, 0.1) is 0 Å². The Bertz CT molecular complexity index is 542. The first kappa shape index (κ1) is 14.5. The molecule has 2 rings (SSSR count). The second-order valence-electron chi connectivity index (χ2n) is 4.93. The van der Waals surface area contributed by atoms with Crippen LogP contribution in [0.15, 0.2) is 48.8 Å². The molecule has 0 fully saturated rings. The highest BCUT2D eigenvalue weighted by molar-refractivity contribution is 5.39. The summed E-state index contributed by atoms with van der Waals surface area (Å²) in [7, 11) is 0. The summed E-state index contributed by atoms with van der Waals surface area (Å²) in [6, 6.07) is 12.2. The zero-order chi connectivity index (χ0) is 14.4. The molecule has 106 valence electrons. The van der Waals surface area contributed by atoms with Crippen molar-refractivity contribution in [2.45, 2.75) is 32.2 Å². The molecule has 20 heavy (non-hydrogen) atoms. The van der Waals surface area contributed by atoms with Gasteiger partial charge in [-0.15, -0.1) is 0 Å². The number of nitrogens with zero attached hydrogens (tertiary/aromatic N) is 1. The molecule has 1 aromatic carbocycles. The average molecular weight is 270 g/mol. The summed E-state index contributed by atoms with van der Waals surface area (Å²) in [5.41, 5.74) is 8.31. The van der Waals surface area contributed by atoms with Crippen LogP contribution in [0.1, 0.15) is 37.8 Å². The predicted octanol–water partition coefficient (Wildman–Crippen LogP) is 3.48. The van der Waals surface area contributed by atoms with Crippen molar-refractivity contribution in [2.75, 3.05) is 6.61 Å². The molecule has 0 saturated heterocycles. The molecular weight excluding hydrogens is 248 g/mol. The second-order valence-corrected chi connectivity index (χ2v) is 4.93. The van der Waals surface area contributed by atoms with Gasteiger partial charge in [-0.05, 0) is 30.5 Å². The maximum Gasteiger partial charge on any atom is 0.137 e. The molecule has 2 aromatic rings. The van der Waals surface area contributed by atoms with E-state index in [4.69, 9.17) is 10.5 Å². The number of ether oxygens (including phenoxy) is 1. The zero-order valence-electron chi connectivity index (χ0n) is 12.2. The Labute approximate surface area is 120 Å². The first-order valence-electron chi connectivity index (χ1n) is 7.13. The minimum atomic E-state index is -0.518. The minimum Gasteiger partial charge on any atom is -0.492 e. The van der Waals surface area contributed by atoms with Gasteiger partial charge in [-0.25, -0.2) is 0 Å². The lowest BCUT2D eigenvalue weighted by molar-refractivity contribution is 0.337. The molecule has 3 heteroatoms. The normalized spacial score (nSPS) is 13.8. The summed E-state index contributed by atoms with van der Waals surface area (Å²) in [5.74, 6) is 0.770. The molecule has 1 unspecified atom stereocenters.